The van der Waals surface area contributed by atoms with Gasteiger partial charge in [0.15, 0.2) is 5.17 Å². The lowest BCUT2D eigenvalue weighted by atomic mass is 9.87. The number of anilines is 1. The lowest BCUT2D eigenvalue weighted by Crippen LogP contribution is -2.45. The quantitative estimate of drug-likeness (QED) is 0.462. The smallest absolute Gasteiger partial charge is 0.264 e. The van der Waals surface area contributed by atoms with Crippen molar-refractivity contribution in [2.45, 2.75) is 39.7 Å². The van der Waals surface area contributed by atoms with Crippen LogP contribution in [0, 0.1) is 0 Å². The maximum absolute atomic E-state index is 12.6. The Bertz CT molecular complexity index is 1180. The van der Waals surface area contributed by atoms with Crippen molar-refractivity contribution in [3.05, 3.63) is 68.6 Å². The third-order valence-corrected chi connectivity index (χ3v) is 6.99. The molecule has 1 fully saturated rings. The Labute approximate surface area is 203 Å². The van der Waals surface area contributed by atoms with Crippen molar-refractivity contribution in [1.29, 1.82) is 0 Å². The van der Waals surface area contributed by atoms with Gasteiger partial charge in [0.1, 0.15) is 0 Å². The molecule has 0 aliphatic carbocycles. The zero-order chi connectivity index (χ0) is 23.0. The van der Waals surface area contributed by atoms with Crippen molar-refractivity contribution in [3.63, 3.8) is 0 Å². The first-order valence-corrected chi connectivity index (χ1v) is 12.1. The molecule has 0 atom stereocenters. The normalized spacial score (nSPS) is 19.9. The van der Waals surface area contributed by atoms with Crippen LogP contribution >= 0.6 is 35.0 Å². The van der Waals surface area contributed by atoms with Gasteiger partial charge in [-0.2, -0.15) is 0 Å². The number of benzene rings is 2. The summed E-state index contributed by atoms with van der Waals surface area (Å²) in [5.41, 5.74) is 4.91. The number of nitrogens with zero attached hydrogens (tertiary/aromatic N) is 2. The van der Waals surface area contributed by atoms with Gasteiger partial charge in [0.2, 0.25) is 0 Å². The van der Waals surface area contributed by atoms with Gasteiger partial charge < -0.3 is 10.2 Å². The van der Waals surface area contributed by atoms with E-state index in [1.54, 1.807) is 12.1 Å². The summed E-state index contributed by atoms with van der Waals surface area (Å²) in [6, 6.07) is 11.3. The standard InChI is InChI=1S/C25H25Cl2N3OS/c1-5-9-30-21-13-20(27)16(10-19(21)15(2)14-25(30,3)4)11-22-23(31)29-24(32-22)28-18-8-6-7-17(26)12-18/h6-8,10-14H,5,9H2,1-4H3,(H,28,29,31)/b22-11+. The van der Waals surface area contributed by atoms with Crippen molar-refractivity contribution >= 4 is 69.1 Å². The molecule has 7 heteroatoms. The number of thioether (sulfide) groups is 1. The number of carbonyl (C=O) groups excluding carboxylic acids is 1. The summed E-state index contributed by atoms with van der Waals surface area (Å²) in [5.74, 6) is -0.189. The van der Waals surface area contributed by atoms with Crippen LogP contribution < -0.4 is 10.2 Å². The molecular formula is C25H25Cl2N3OS. The highest BCUT2D eigenvalue weighted by Gasteiger charge is 2.31. The molecule has 0 aromatic heterocycles. The first kappa shape index (κ1) is 23.0. The Morgan fingerprint density at radius 1 is 1.22 bits per heavy atom. The summed E-state index contributed by atoms with van der Waals surface area (Å²) in [5, 5.41) is 4.56. The maximum Gasteiger partial charge on any atom is 0.264 e. The monoisotopic (exact) mass is 485 g/mol. The third-order valence-electron chi connectivity index (χ3n) is 5.52. The summed E-state index contributed by atoms with van der Waals surface area (Å²) >= 11 is 14.0. The fourth-order valence-corrected chi connectivity index (χ4v) is 5.37. The number of aliphatic imine (C=N–C) groups is 1. The van der Waals surface area contributed by atoms with E-state index < -0.39 is 0 Å². The summed E-state index contributed by atoms with van der Waals surface area (Å²) < 4.78 is 0. The van der Waals surface area contributed by atoms with Crippen molar-refractivity contribution in [2.75, 3.05) is 11.4 Å². The topological polar surface area (TPSA) is 44.7 Å². The molecular weight excluding hydrogens is 461 g/mol. The Balaban J connectivity index is 1.68. The molecule has 2 aromatic rings. The molecule has 0 radical (unpaired) electrons. The Kier molecular flexibility index (Phi) is 6.44. The molecule has 0 unspecified atom stereocenters. The number of rotatable bonds is 4. The molecule has 4 nitrogen and oxygen atoms in total. The number of allylic oxidation sites excluding steroid dienone is 1. The second-order valence-electron chi connectivity index (χ2n) is 8.49. The number of nitrogens with one attached hydrogen (secondary N) is 1. The largest absolute Gasteiger partial charge is 0.362 e. The van der Waals surface area contributed by atoms with Gasteiger partial charge in [-0.05, 0) is 86.5 Å². The molecule has 0 spiro atoms. The summed E-state index contributed by atoms with van der Waals surface area (Å²) in [6.07, 6.45) is 5.17. The van der Waals surface area contributed by atoms with Crippen molar-refractivity contribution < 1.29 is 4.79 Å². The summed E-state index contributed by atoms with van der Waals surface area (Å²) in [7, 11) is 0. The minimum Gasteiger partial charge on any atom is -0.362 e. The van der Waals surface area contributed by atoms with Crippen molar-refractivity contribution in [1.82, 2.24) is 5.32 Å². The highest BCUT2D eigenvalue weighted by Crippen LogP contribution is 2.42. The van der Waals surface area contributed by atoms with Gasteiger partial charge >= 0.3 is 0 Å². The van der Waals surface area contributed by atoms with E-state index in [0.29, 0.717) is 25.8 Å². The van der Waals surface area contributed by atoms with Gasteiger partial charge in [0.25, 0.3) is 5.91 Å². The average Bonchev–Trinajstić information content (AvgIpc) is 3.04. The predicted octanol–water partition coefficient (Wildman–Crippen LogP) is 7.30. The maximum atomic E-state index is 12.6. The van der Waals surface area contributed by atoms with E-state index in [2.05, 4.69) is 55.0 Å². The minimum absolute atomic E-state index is 0.0801. The van der Waals surface area contributed by atoms with Gasteiger partial charge in [0.05, 0.1) is 16.1 Å². The zero-order valence-electron chi connectivity index (χ0n) is 18.5. The second-order valence-corrected chi connectivity index (χ2v) is 10.4. The van der Waals surface area contributed by atoms with Crippen LogP contribution in [0.15, 0.2) is 52.4 Å². The molecule has 1 amide bonds. The Hall–Kier alpha value is -2.21. The highest BCUT2D eigenvalue weighted by molar-refractivity contribution is 8.18. The van der Waals surface area contributed by atoms with Gasteiger partial charge in [-0.15, -0.1) is 0 Å². The molecule has 1 saturated heterocycles. The number of hydrogen-bond donors (Lipinski definition) is 1. The van der Waals surface area contributed by atoms with E-state index in [-0.39, 0.29) is 11.4 Å². The van der Waals surface area contributed by atoms with Gasteiger partial charge in [-0.1, -0.05) is 42.3 Å². The summed E-state index contributed by atoms with van der Waals surface area (Å²) in [4.78, 5) is 20.0. The molecule has 2 aliphatic rings. The van der Waals surface area contributed by atoms with Gasteiger partial charge in [-0.25, -0.2) is 4.99 Å². The van der Waals surface area contributed by atoms with Crippen LogP contribution in [0.4, 0.5) is 11.4 Å². The number of amides is 1. The number of fused-ring (bicyclic) bond motifs is 1. The van der Waals surface area contributed by atoms with Crippen molar-refractivity contribution in [2.24, 2.45) is 4.99 Å². The first-order valence-electron chi connectivity index (χ1n) is 10.5. The van der Waals surface area contributed by atoms with Gasteiger partial charge in [-0.3, -0.25) is 4.79 Å². The Morgan fingerprint density at radius 3 is 2.72 bits per heavy atom. The lowest BCUT2D eigenvalue weighted by Gasteiger charge is -2.43. The van der Waals surface area contributed by atoms with Crippen LogP contribution in [0.1, 0.15) is 45.2 Å². The number of carbonyl (C=O) groups is 1. The van der Waals surface area contributed by atoms with E-state index >= 15 is 0 Å². The van der Waals surface area contributed by atoms with Crippen molar-refractivity contribution in [3.8, 4) is 0 Å². The molecule has 2 heterocycles. The molecule has 2 aromatic carbocycles. The number of hydrogen-bond acceptors (Lipinski definition) is 4. The number of amidine groups is 1. The highest BCUT2D eigenvalue weighted by atomic mass is 35.5. The molecule has 32 heavy (non-hydrogen) atoms. The summed E-state index contributed by atoms with van der Waals surface area (Å²) in [6.45, 7) is 9.70. The van der Waals surface area contributed by atoms with Crippen LogP contribution in [0.5, 0.6) is 0 Å². The van der Waals surface area contributed by atoms with Crippen LogP contribution in [0.25, 0.3) is 11.6 Å². The second kappa shape index (κ2) is 8.97. The molecule has 166 valence electrons. The number of halogens is 2. The fraction of sp³-hybridized carbons (Fsp3) is 0.280. The zero-order valence-corrected chi connectivity index (χ0v) is 20.8. The predicted molar refractivity (Wildman–Crippen MR) is 139 cm³/mol. The molecule has 2 aliphatic heterocycles. The lowest BCUT2D eigenvalue weighted by molar-refractivity contribution is -0.115. The van der Waals surface area contributed by atoms with Crippen LogP contribution in [0.2, 0.25) is 10.0 Å². The Morgan fingerprint density at radius 2 is 2.00 bits per heavy atom. The van der Waals surface area contributed by atoms with Crippen LogP contribution in [-0.4, -0.2) is 23.2 Å². The SMILES string of the molecule is CCCN1c2cc(Cl)c(/C=C3/SC(=Nc4cccc(Cl)c4)NC3=O)cc2C(C)=CC1(C)C. The molecule has 0 saturated carbocycles. The van der Waals surface area contributed by atoms with Gasteiger partial charge in [0, 0.05) is 27.8 Å². The van der Waals surface area contributed by atoms with E-state index in [1.807, 2.05) is 24.3 Å². The van der Waals surface area contributed by atoms with E-state index in [9.17, 15) is 4.79 Å². The fourth-order valence-electron chi connectivity index (χ4n) is 4.14. The molecule has 1 N–H and O–H groups in total. The minimum atomic E-state index is -0.189. The van der Waals surface area contributed by atoms with Crippen LogP contribution in [0.3, 0.4) is 0 Å². The van der Waals surface area contributed by atoms with Crippen LogP contribution in [-0.2, 0) is 4.79 Å². The van der Waals surface area contributed by atoms with E-state index in [4.69, 9.17) is 23.2 Å². The van der Waals surface area contributed by atoms with E-state index in [0.717, 1.165) is 29.8 Å². The first-order chi connectivity index (χ1) is 15.2. The van der Waals surface area contributed by atoms with E-state index in [1.165, 1.54) is 17.3 Å². The average molecular weight is 486 g/mol. The molecule has 0 bridgehead atoms. The third kappa shape index (κ3) is 4.61. The molecule has 4 rings (SSSR count).